The minimum absolute atomic E-state index is 0.174. The molecule has 2 heterocycles. The van der Waals surface area contributed by atoms with E-state index in [0.29, 0.717) is 0 Å². The van der Waals surface area contributed by atoms with Gasteiger partial charge in [-0.15, -0.1) is 6.58 Å². The Hall–Kier alpha value is -2.13. The molecule has 1 N–H and O–H groups in total. The number of aliphatic hydroxyl groups is 1. The summed E-state index contributed by atoms with van der Waals surface area (Å²) in [5, 5.41) is 10.0. The fourth-order valence-corrected chi connectivity index (χ4v) is 4.37. The molecule has 0 aromatic heterocycles. The third-order valence-corrected chi connectivity index (χ3v) is 5.74. The molecule has 2 aliphatic rings. The van der Waals surface area contributed by atoms with Crippen molar-refractivity contribution in [2.24, 2.45) is 0 Å². The van der Waals surface area contributed by atoms with Crippen molar-refractivity contribution in [1.29, 1.82) is 0 Å². The third kappa shape index (κ3) is 7.22. The Balaban J connectivity index is 2.50. The van der Waals surface area contributed by atoms with Crippen molar-refractivity contribution in [3.8, 4) is 0 Å². The molecule has 0 aromatic rings. The predicted molar refractivity (Wildman–Crippen MR) is 119 cm³/mol. The maximum Gasteiger partial charge on any atom is 0.303 e. The molecule has 206 valence electrons. The van der Waals surface area contributed by atoms with Gasteiger partial charge in [-0.3, -0.25) is 14.4 Å². The van der Waals surface area contributed by atoms with E-state index >= 15 is 0 Å². The minimum atomic E-state index is -1.35. The van der Waals surface area contributed by atoms with Crippen molar-refractivity contribution in [2.45, 2.75) is 88.6 Å². The molecule has 2 aliphatic heterocycles. The summed E-state index contributed by atoms with van der Waals surface area (Å²) in [5.74, 6) is -2.10. The smallest absolute Gasteiger partial charge is 0.303 e. The Morgan fingerprint density at radius 1 is 0.722 bits per heavy atom. The van der Waals surface area contributed by atoms with Crippen LogP contribution >= 0.6 is 0 Å². The molecule has 2 rings (SSSR count). The van der Waals surface area contributed by atoms with Crippen LogP contribution in [-0.2, 0) is 57.0 Å². The molecule has 36 heavy (non-hydrogen) atoms. The Morgan fingerprint density at radius 2 is 1.25 bits per heavy atom. The molecule has 2 saturated heterocycles. The number of carbonyl (C=O) groups excluding carboxylic acids is 3. The number of aliphatic hydroxyl groups excluding tert-OH is 1. The normalized spacial score (nSPS) is 36.5. The Morgan fingerprint density at radius 3 is 1.72 bits per heavy atom. The highest BCUT2D eigenvalue weighted by Gasteiger charge is 2.55. The first-order valence-corrected chi connectivity index (χ1v) is 11.4. The van der Waals surface area contributed by atoms with Crippen LogP contribution in [-0.4, -0.2) is 112 Å². The van der Waals surface area contributed by atoms with Gasteiger partial charge in [0.2, 0.25) is 0 Å². The lowest BCUT2D eigenvalue weighted by Crippen LogP contribution is -2.66. The second-order valence-electron chi connectivity index (χ2n) is 8.25. The second kappa shape index (κ2) is 14.0. The van der Waals surface area contributed by atoms with Crippen molar-refractivity contribution >= 4 is 17.9 Å². The van der Waals surface area contributed by atoms with Gasteiger partial charge < -0.3 is 47.7 Å². The van der Waals surface area contributed by atoms with Gasteiger partial charge in [-0.05, 0) is 6.42 Å². The number of methoxy groups -OCH3 is 3. The maximum absolute atomic E-state index is 12.0. The van der Waals surface area contributed by atoms with E-state index in [1.165, 1.54) is 34.3 Å². The number of hydrogen-bond acceptors (Lipinski definition) is 13. The van der Waals surface area contributed by atoms with Gasteiger partial charge in [0.1, 0.15) is 30.5 Å². The van der Waals surface area contributed by atoms with Crippen LogP contribution in [0.15, 0.2) is 12.7 Å². The van der Waals surface area contributed by atoms with Crippen molar-refractivity contribution in [1.82, 2.24) is 0 Å². The van der Waals surface area contributed by atoms with Gasteiger partial charge in [0.25, 0.3) is 0 Å². The first-order valence-electron chi connectivity index (χ1n) is 11.4. The van der Waals surface area contributed by atoms with Crippen LogP contribution in [0.4, 0.5) is 0 Å². The highest BCUT2D eigenvalue weighted by atomic mass is 16.8. The summed E-state index contributed by atoms with van der Waals surface area (Å²) < 4.78 is 50.8. The number of rotatable bonds is 11. The topological polar surface area (TPSA) is 155 Å². The number of esters is 3. The summed E-state index contributed by atoms with van der Waals surface area (Å²) in [7, 11) is 4.27. The summed E-state index contributed by atoms with van der Waals surface area (Å²) in [6.45, 7) is 6.71. The fraction of sp³-hybridized carbons (Fsp3) is 0.783. The second-order valence-corrected chi connectivity index (χ2v) is 8.25. The van der Waals surface area contributed by atoms with E-state index in [-0.39, 0.29) is 6.42 Å². The maximum atomic E-state index is 12.0. The molecule has 0 bridgehead atoms. The van der Waals surface area contributed by atoms with Crippen LogP contribution < -0.4 is 0 Å². The molecule has 13 nitrogen and oxygen atoms in total. The number of hydrogen-bond donors (Lipinski definition) is 1. The molecule has 0 radical (unpaired) electrons. The zero-order chi connectivity index (χ0) is 27.0. The van der Waals surface area contributed by atoms with Gasteiger partial charge in [0.05, 0.1) is 6.61 Å². The molecular formula is C23H36O13. The van der Waals surface area contributed by atoms with Gasteiger partial charge in [0, 0.05) is 42.1 Å². The zero-order valence-corrected chi connectivity index (χ0v) is 21.3. The summed E-state index contributed by atoms with van der Waals surface area (Å²) in [6, 6.07) is 0. The van der Waals surface area contributed by atoms with Crippen LogP contribution in [0.1, 0.15) is 27.2 Å². The third-order valence-electron chi connectivity index (χ3n) is 5.74. The molecule has 2 fully saturated rings. The van der Waals surface area contributed by atoms with Gasteiger partial charge in [-0.2, -0.15) is 0 Å². The lowest BCUT2D eigenvalue weighted by atomic mass is 9.94. The summed E-state index contributed by atoms with van der Waals surface area (Å²) in [5.41, 5.74) is 0. The van der Waals surface area contributed by atoms with Crippen LogP contribution in [0, 0.1) is 0 Å². The molecule has 0 saturated carbocycles. The highest BCUT2D eigenvalue weighted by molar-refractivity contribution is 5.68. The Kier molecular flexibility index (Phi) is 11.7. The number of carbonyl (C=O) groups is 3. The first kappa shape index (κ1) is 30.1. The van der Waals surface area contributed by atoms with Gasteiger partial charge in [0.15, 0.2) is 30.9 Å². The molecule has 0 aromatic carbocycles. The van der Waals surface area contributed by atoms with E-state index in [9.17, 15) is 19.5 Å². The largest absolute Gasteiger partial charge is 0.456 e. The molecule has 0 aliphatic carbocycles. The van der Waals surface area contributed by atoms with Gasteiger partial charge in [-0.25, -0.2) is 0 Å². The van der Waals surface area contributed by atoms with Crippen molar-refractivity contribution in [3.05, 3.63) is 12.7 Å². The van der Waals surface area contributed by atoms with Gasteiger partial charge in [-0.1, -0.05) is 6.08 Å². The van der Waals surface area contributed by atoms with E-state index in [0.717, 1.165) is 13.8 Å². The average Bonchev–Trinajstić information content (AvgIpc) is 2.82. The SMILES string of the molecule is C=CC[C@@H]1O[C@H](O[C@H]2[C@H](OC)[C@@H](OC)[C@@H](OC)O[C@@H]2CO)[C@@H](OC(C)=O)[C@@H](OC(C)=O)[C@@H]1OC(C)=O. The quantitative estimate of drug-likeness (QED) is 0.218. The molecular weight excluding hydrogens is 484 g/mol. The van der Waals surface area contributed by atoms with Crippen LogP contribution in [0.2, 0.25) is 0 Å². The van der Waals surface area contributed by atoms with E-state index in [4.69, 9.17) is 42.6 Å². The van der Waals surface area contributed by atoms with Crippen LogP contribution in [0.5, 0.6) is 0 Å². The fourth-order valence-electron chi connectivity index (χ4n) is 4.37. The molecule has 13 heteroatoms. The summed E-state index contributed by atoms with van der Waals surface area (Å²) in [6.07, 6.45) is -8.70. The summed E-state index contributed by atoms with van der Waals surface area (Å²) >= 11 is 0. The van der Waals surface area contributed by atoms with Crippen molar-refractivity contribution in [2.75, 3.05) is 27.9 Å². The summed E-state index contributed by atoms with van der Waals surface area (Å²) in [4.78, 5) is 35.8. The monoisotopic (exact) mass is 520 g/mol. The van der Waals surface area contributed by atoms with Crippen molar-refractivity contribution in [3.63, 3.8) is 0 Å². The van der Waals surface area contributed by atoms with E-state index in [1.54, 1.807) is 0 Å². The Labute approximate surface area is 209 Å². The van der Waals surface area contributed by atoms with Crippen molar-refractivity contribution < 1.29 is 62.1 Å². The lowest BCUT2D eigenvalue weighted by Gasteiger charge is -2.48. The van der Waals surface area contributed by atoms with Gasteiger partial charge >= 0.3 is 17.9 Å². The standard InChI is InChI=1S/C23H36O13/c1-8-9-14-16(31-11(2)25)19(32-12(3)26)21(33-13(4)27)23(34-14)36-17-15(10-24)35-22(30-7)20(29-6)18(17)28-5/h8,14-24H,1,9-10H2,2-7H3/t14-,15+,16+,17+,18-,19-,20+,21-,22-,23+/m0/s1. The van der Waals surface area contributed by atoms with E-state index in [2.05, 4.69) is 6.58 Å². The molecule has 10 atom stereocenters. The average molecular weight is 521 g/mol. The first-order chi connectivity index (χ1) is 17.1. The zero-order valence-electron chi connectivity index (χ0n) is 21.3. The van der Waals surface area contributed by atoms with E-state index < -0.39 is 85.9 Å². The van der Waals surface area contributed by atoms with Crippen LogP contribution in [0.25, 0.3) is 0 Å². The molecule has 0 unspecified atom stereocenters. The predicted octanol–water partition coefficient (Wildman–Crippen LogP) is -0.139. The van der Waals surface area contributed by atoms with Crippen LogP contribution in [0.3, 0.4) is 0 Å². The number of ether oxygens (including phenoxy) is 9. The lowest BCUT2D eigenvalue weighted by molar-refractivity contribution is -0.360. The molecule has 0 spiro atoms. The molecule has 0 amide bonds. The Bertz CT molecular complexity index is 758. The minimum Gasteiger partial charge on any atom is -0.456 e. The van der Waals surface area contributed by atoms with E-state index in [1.807, 2.05) is 0 Å². The highest BCUT2D eigenvalue weighted by Crippen LogP contribution is 2.35.